The van der Waals surface area contributed by atoms with E-state index in [1.54, 1.807) is 7.11 Å². The van der Waals surface area contributed by atoms with E-state index in [9.17, 15) is 0 Å². The van der Waals surface area contributed by atoms with Crippen LogP contribution in [0.3, 0.4) is 0 Å². The van der Waals surface area contributed by atoms with Gasteiger partial charge < -0.3 is 4.74 Å². The van der Waals surface area contributed by atoms with Crippen LogP contribution in [-0.4, -0.2) is 7.11 Å². The van der Waals surface area contributed by atoms with Crippen molar-refractivity contribution in [2.24, 2.45) is 0 Å². The molecule has 0 amide bonds. The fourth-order valence-corrected chi connectivity index (χ4v) is 1.46. The lowest BCUT2D eigenvalue weighted by Crippen LogP contribution is -1.84. The van der Waals surface area contributed by atoms with Crippen molar-refractivity contribution in [3.8, 4) is 5.75 Å². The summed E-state index contributed by atoms with van der Waals surface area (Å²) in [7, 11) is 1.63. The molecule has 0 aliphatic rings. The van der Waals surface area contributed by atoms with Crippen LogP contribution < -0.4 is 4.74 Å². The van der Waals surface area contributed by atoms with E-state index in [0.29, 0.717) is 0 Å². The number of hydrogen-bond donors (Lipinski definition) is 0. The fourth-order valence-electron chi connectivity index (χ4n) is 0.813. The predicted octanol–water partition coefficient (Wildman–Crippen LogP) is 3.42. The molecule has 0 unspecified atom stereocenters. The Labute approximate surface area is 79.4 Å². The maximum Gasteiger partial charge on any atom is 0.120 e. The third-order valence-corrected chi connectivity index (χ3v) is 2.77. The first-order valence-electron chi connectivity index (χ1n) is 3.15. The van der Waals surface area contributed by atoms with Gasteiger partial charge in [-0.25, -0.2) is 0 Å². The van der Waals surface area contributed by atoms with Crippen LogP contribution in [0, 0.1) is 6.92 Å². The van der Waals surface area contributed by atoms with Gasteiger partial charge in [0.1, 0.15) is 5.75 Å². The summed E-state index contributed by atoms with van der Waals surface area (Å²) in [6.45, 7) is 1.94. The van der Waals surface area contributed by atoms with E-state index in [2.05, 4.69) is 15.9 Å². The molecule has 0 radical (unpaired) electrons. The summed E-state index contributed by atoms with van der Waals surface area (Å²) in [5.41, 5.74) is 1.01. The third kappa shape index (κ3) is 1.88. The molecule has 11 heavy (non-hydrogen) atoms. The van der Waals surface area contributed by atoms with Gasteiger partial charge in [-0.3, -0.25) is 0 Å². The summed E-state index contributed by atoms with van der Waals surface area (Å²) in [5.74, 6) is 0.818. The lowest BCUT2D eigenvalue weighted by atomic mass is 10.2. The molecule has 0 aromatic heterocycles. The molecular weight excluding hydrogens is 227 g/mol. The van der Waals surface area contributed by atoms with Crippen molar-refractivity contribution in [3.63, 3.8) is 0 Å². The van der Waals surface area contributed by atoms with Gasteiger partial charge in [-0.15, -0.1) is 0 Å². The van der Waals surface area contributed by atoms with Crippen molar-refractivity contribution in [2.45, 2.75) is 6.92 Å². The van der Waals surface area contributed by atoms with Crippen molar-refractivity contribution < 1.29 is 4.74 Å². The summed E-state index contributed by atoms with van der Waals surface area (Å²) in [6, 6.07) is 3.74. The highest BCUT2D eigenvalue weighted by Gasteiger charge is 2.02. The van der Waals surface area contributed by atoms with E-state index in [-0.39, 0.29) is 0 Å². The summed E-state index contributed by atoms with van der Waals surface area (Å²) in [5, 5.41) is 0.741. The number of rotatable bonds is 1. The zero-order valence-corrected chi connectivity index (χ0v) is 8.66. The molecule has 0 heterocycles. The Balaban J connectivity index is 3.21. The van der Waals surface area contributed by atoms with Crippen molar-refractivity contribution in [2.75, 3.05) is 7.11 Å². The van der Waals surface area contributed by atoms with Gasteiger partial charge in [-0.1, -0.05) is 11.6 Å². The average molecular weight is 236 g/mol. The maximum absolute atomic E-state index is 5.90. The van der Waals surface area contributed by atoms with E-state index < -0.39 is 0 Å². The van der Waals surface area contributed by atoms with Gasteiger partial charge in [0.25, 0.3) is 0 Å². The van der Waals surface area contributed by atoms with Crippen LogP contribution in [0.5, 0.6) is 5.75 Å². The monoisotopic (exact) mass is 234 g/mol. The summed E-state index contributed by atoms with van der Waals surface area (Å²) in [6.07, 6.45) is 0. The molecule has 1 aromatic rings. The Bertz CT molecular complexity index is 250. The average Bonchev–Trinajstić information content (AvgIpc) is 1.99. The van der Waals surface area contributed by atoms with E-state index in [1.165, 1.54) is 0 Å². The first-order valence-corrected chi connectivity index (χ1v) is 4.32. The lowest BCUT2D eigenvalue weighted by molar-refractivity contribution is 0.414. The molecule has 3 heteroatoms. The number of halogens is 2. The maximum atomic E-state index is 5.90. The lowest BCUT2D eigenvalue weighted by Gasteiger charge is -2.04. The Hall–Kier alpha value is -0.210. The minimum absolute atomic E-state index is 0.741. The summed E-state index contributed by atoms with van der Waals surface area (Å²) < 4.78 is 5.91. The van der Waals surface area contributed by atoms with Gasteiger partial charge >= 0.3 is 0 Å². The van der Waals surface area contributed by atoms with Crippen LogP contribution in [-0.2, 0) is 0 Å². The fraction of sp³-hybridized carbons (Fsp3) is 0.250. The summed E-state index contributed by atoms with van der Waals surface area (Å²) in [4.78, 5) is 0. The zero-order valence-electron chi connectivity index (χ0n) is 6.32. The van der Waals surface area contributed by atoms with Crippen molar-refractivity contribution in [1.82, 2.24) is 0 Å². The Kier molecular flexibility index (Phi) is 2.79. The first-order chi connectivity index (χ1) is 5.15. The van der Waals surface area contributed by atoms with E-state index >= 15 is 0 Å². The Morgan fingerprint density at radius 2 is 2.09 bits per heavy atom. The second-order valence-electron chi connectivity index (χ2n) is 2.24. The molecule has 0 N–H and O–H groups in total. The highest BCUT2D eigenvalue weighted by atomic mass is 79.9. The second kappa shape index (κ2) is 3.46. The number of hydrogen-bond acceptors (Lipinski definition) is 1. The van der Waals surface area contributed by atoms with Crippen molar-refractivity contribution in [3.05, 3.63) is 27.2 Å². The van der Waals surface area contributed by atoms with E-state index in [1.807, 2.05) is 19.1 Å². The molecule has 60 valence electrons. The third-order valence-electron chi connectivity index (χ3n) is 1.42. The molecule has 0 spiro atoms. The van der Waals surface area contributed by atoms with Crippen molar-refractivity contribution in [1.29, 1.82) is 0 Å². The standard InChI is InChI=1S/C8H8BrClO/c1-5-3-6(11-2)4-7(9)8(5)10/h3-4H,1-2H3. The van der Waals surface area contributed by atoms with Gasteiger partial charge in [0.15, 0.2) is 0 Å². The molecule has 1 nitrogen and oxygen atoms in total. The predicted molar refractivity (Wildman–Crippen MR) is 50.4 cm³/mol. The van der Waals surface area contributed by atoms with Crippen LogP contribution in [0.4, 0.5) is 0 Å². The number of aryl methyl sites for hydroxylation is 1. The highest BCUT2D eigenvalue weighted by molar-refractivity contribution is 9.10. The van der Waals surface area contributed by atoms with E-state index in [4.69, 9.17) is 16.3 Å². The minimum atomic E-state index is 0.741. The van der Waals surface area contributed by atoms with Crippen molar-refractivity contribution >= 4 is 27.5 Å². The number of methoxy groups -OCH3 is 1. The topological polar surface area (TPSA) is 9.23 Å². The normalized spacial score (nSPS) is 9.82. The Morgan fingerprint density at radius 1 is 1.45 bits per heavy atom. The minimum Gasteiger partial charge on any atom is -0.497 e. The van der Waals surface area contributed by atoms with Crippen LogP contribution in [0.1, 0.15) is 5.56 Å². The van der Waals surface area contributed by atoms with Gasteiger partial charge in [0, 0.05) is 4.47 Å². The number of ether oxygens (including phenoxy) is 1. The second-order valence-corrected chi connectivity index (χ2v) is 3.47. The molecule has 0 aliphatic heterocycles. The Morgan fingerprint density at radius 3 is 2.55 bits per heavy atom. The molecule has 0 fully saturated rings. The molecule has 0 saturated carbocycles. The smallest absolute Gasteiger partial charge is 0.120 e. The van der Waals surface area contributed by atoms with Gasteiger partial charge in [0.2, 0.25) is 0 Å². The van der Waals surface area contributed by atoms with E-state index in [0.717, 1.165) is 20.8 Å². The molecule has 1 aromatic carbocycles. The van der Waals surface area contributed by atoms with Crippen LogP contribution in [0.2, 0.25) is 5.02 Å². The van der Waals surface area contributed by atoms with Gasteiger partial charge in [-0.2, -0.15) is 0 Å². The quantitative estimate of drug-likeness (QED) is 0.725. The SMILES string of the molecule is COc1cc(C)c(Cl)c(Br)c1. The highest BCUT2D eigenvalue weighted by Crippen LogP contribution is 2.30. The van der Waals surface area contributed by atoms with Crippen LogP contribution in [0.15, 0.2) is 16.6 Å². The molecule has 0 bridgehead atoms. The molecule has 1 rings (SSSR count). The largest absolute Gasteiger partial charge is 0.497 e. The molecule has 0 aliphatic carbocycles. The van der Waals surface area contributed by atoms with Gasteiger partial charge in [0.05, 0.1) is 12.1 Å². The van der Waals surface area contributed by atoms with Crippen LogP contribution >= 0.6 is 27.5 Å². The number of benzene rings is 1. The molecule has 0 atom stereocenters. The van der Waals surface area contributed by atoms with Gasteiger partial charge in [-0.05, 0) is 40.5 Å². The zero-order chi connectivity index (χ0) is 8.43. The summed E-state index contributed by atoms with van der Waals surface area (Å²) >= 11 is 9.23. The first kappa shape index (κ1) is 8.88. The van der Waals surface area contributed by atoms with Crippen LogP contribution in [0.25, 0.3) is 0 Å². The molecule has 0 saturated heterocycles. The molecular formula is C8H8BrClO.